The third-order valence-electron chi connectivity index (χ3n) is 2.73. The van der Waals surface area contributed by atoms with Gasteiger partial charge in [-0.1, -0.05) is 38.8 Å². The maximum absolute atomic E-state index is 13.5. The Morgan fingerprint density at radius 1 is 0.812 bits per heavy atom. The summed E-state index contributed by atoms with van der Waals surface area (Å²) in [7, 11) is 0. The van der Waals surface area contributed by atoms with E-state index in [1.807, 2.05) is 0 Å². The highest BCUT2D eigenvalue weighted by molar-refractivity contribution is 5.37. The molecule has 16 heavy (non-hydrogen) atoms. The molecule has 0 atom stereocenters. The molecule has 0 aromatic rings. The molecule has 1 aliphatic carbocycles. The quantitative estimate of drug-likeness (QED) is 0.619. The van der Waals surface area contributed by atoms with Crippen molar-refractivity contribution in [2.75, 3.05) is 0 Å². The Balaban J connectivity index is 3.09. The zero-order valence-electron chi connectivity index (χ0n) is 9.49. The first-order valence-electron chi connectivity index (χ1n) is 5.54. The van der Waals surface area contributed by atoms with E-state index in [4.69, 9.17) is 0 Å². The number of hydrogen-bond acceptors (Lipinski definition) is 0. The number of hydrogen-bond donors (Lipinski definition) is 0. The van der Waals surface area contributed by atoms with E-state index in [2.05, 4.69) is 0 Å². The van der Waals surface area contributed by atoms with Crippen LogP contribution >= 0.6 is 0 Å². The van der Waals surface area contributed by atoms with Gasteiger partial charge in [0.05, 0.1) is 0 Å². The van der Waals surface area contributed by atoms with Crippen LogP contribution in [0.25, 0.3) is 0 Å². The van der Waals surface area contributed by atoms with E-state index in [0.29, 0.717) is 12.8 Å². The van der Waals surface area contributed by atoms with Crippen LogP contribution in [0.3, 0.4) is 0 Å². The van der Waals surface area contributed by atoms with Gasteiger partial charge in [0, 0.05) is 11.1 Å². The molecule has 0 heterocycles. The van der Waals surface area contributed by atoms with Crippen molar-refractivity contribution in [1.29, 1.82) is 0 Å². The van der Waals surface area contributed by atoms with E-state index >= 15 is 0 Å². The lowest BCUT2D eigenvalue weighted by Crippen LogP contribution is -2.45. The molecule has 0 fully saturated rings. The Kier molecular flexibility index (Phi) is 3.81. The van der Waals surface area contributed by atoms with E-state index in [-0.39, 0.29) is 12.8 Å². The number of rotatable bonds is 4. The first kappa shape index (κ1) is 13.3. The summed E-state index contributed by atoms with van der Waals surface area (Å²) in [6.07, 6.45) is 3.22. The number of alkyl halides is 4. The molecule has 0 unspecified atom stereocenters. The van der Waals surface area contributed by atoms with Crippen molar-refractivity contribution in [2.24, 2.45) is 0 Å². The maximum atomic E-state index is 13.5. The van der Waals surface area contributed by atoms with Gasteiger partial charge in [-0.2, -0.15) is 17.6 Å². The lowest BCUT2D eigenvalue weighted by atomic mass is 9.86. The SMILES string of the molecule is CCCC1=CC=C(CCC)C(F)(F)C1(F)F. The fraction of sp³-hybridized carbons (Fsp3) is 0.667. The fourth-order valence-electron chi connectivity index (χ4n) is 1.83. The second kappa shape index (κ2) is 4.60. The molecule has 0 amide bonds. The topological polar surface area (TPSA) is 0 Å². The summed E-state index contributed by atoms with van der Waals surface area (Å²) in [6, 6.07) is 0. The van der Waals surface area contributed by atoms with E-state index in [9.17, 15) is 17.6 Å². The monoisotopic (exact) mass is 236 g/mol. The van der Waals surface area contributed by atoms with Crippen LogP contribution in [0.2, 0.25) is 0 Å². The van der Waals surface area contributed by atoms with Crippen molar-refractivity contribution in [2.45, 2.75) is 51.4 Å². The number of allylic oxidation sites excluding steroid dienone is 4. The highest BCUT2D eigenvalue weighted by Crippen LogP contribution is 2.49. The summed E-state index contributed by atoms with van der Waals surface area (Å²) in [5.74, 6) is -8.05. The molecule has 0 aromatic carbocycles. The van der Waals surface area contributed by atoms with Crippen LogP contribution in [0.1, 0.15) is 39.5 Å². The van der Waals surface area contributed by atoms with Gasteiger partial charge in [-0.05, 0) is 12.8 Å². The normalized spacial score (nSPS) is 22.6. The lowest BCUT2D eigenvalue weighted by Gasteiger charge is -2.33. The van der Waals surface area contributed by atoms with Crippen LogP contribution in [0.15, 0.2) is 23.3 Å². The fourth-order valence-corrected chi connectivity index (χ4v) is 1.83. The molecule has 0 saturated heterocycles. The van der Waals surface area contributed by atoms with Crippen molar-refractivity contribution in [3.8, 4) is 0 Å². The van der Waals surface area contributed by atoms with Crippen LogP contribution in [-0.4, -0.2) is 11.8 Å². The highest BCUT2D eigenvalue weighted by Gasteiger charge is 2.60. The van der Waals surface area contributed by atoms with Crippen LogP contribution in [0.4, 0.5) is 17.6 Å². The van der Waals surface area contributed by atoms with Crippen LogP contribution < -0.4 is 0 Å². The average molecular weight is 236 g/mol. The molecule has 0 saturated carbocycles. The second-order valence-electron chi connectivity index (χ2n) is 4.03. The molecule has 0 N–H and O–H groups in total. The van der Waals surface area contributed by atoms with Gasteiger partial charge in [-0.25, -0.2) is 0 Å². The van der Waals surface area contributed by atoms with E-state index in [1.54, 1.807) is 13.8 Å². The molecule has 1 aliphatic rings. The third-order valence-corrected chi connectivity index (χ3v) is 2.73. The molecule has 1 rings (SSSR count). The Labute approximate surface area is 93.0 Å². The van der Waals surface area contributed by atoms with Gasteiger partial charge in [-0.3, -0.25) is 0 Å². The zero-order valence-corrected chi connectivity index (χ0v) is 9.49. The lowest BCUT2D eigenvalue weighted by molar-refractivity contribution is -0.165. The van der Waals surface area contributed by atoms with Crippen molar-refractivity contribution in [3.63, 3.8) is 0 Å². The Morgan fingerprint density at radius 2 is 1.12 bits per heavy atom. The van der Waals surface area contributed by atoms with E-state index in [0.717, 1.165) is 12.2 Å². The first-order valence-corrected chi connectivity index (χ1v) is 5.54. The Morgan fingerprint density at radius 3 is 1.38 bits per heavy atom. The summed E-state index contributed by atoms with van der Waals surface area (Å²) in [4.78, 5) is 0. The molecule has 0 aromatic heterocycles. The molecule has 0 radical (unpaired) electrons. The predicted octanol–water partition coefficient (Wildman–Crippen LogP) is 4.72. The van der Waals surface area contributed by atoms with Crippen LogP contribution in [-0.2, 0) is 0 Å². The summed E-state index contributed by atoms with van der Waals surface area (Å²) < 4.78 is 54.2. The van der Waals surface area contributed by atoms with Crippen LogP contribution in [0, 0.1) is 0 Å². The van der Waals surface area contributed by atoms with Crippen molar-refractivity contribution < 1.29 is 17.6 Å². The molecule has 0 aliphatic heterocycles. The van der Waals surface area contributed by atoms with Gasteiger partial charge in [0.15, 0.2) is 0 Å². The maximum Gasteiger partial charge on any atom is 0.335 e. The standard InChI is InChI=1S/C12H16F4/c1-3-5-9-7-8-10(6-4-2)12(15,16)11(9,13)14/h7-8H,3-6H2,1-2H3. The van der Waals surface area contributed by atoms with E-state index in [1.165, 1.54) is 0 Å². The summed E-state index contributed by atoms with van der Waals surface area (Å²) in [6.45, 7) is 3.39. The number of halogens is 4. The first-order chi connectivity index (χ1) is 7.37. The molecule has 0 nitrogen and oxygen atoms in total. The van der Waals surface area contributed by atoms with Gasteiger partial charge < -0.3 is 0 Å². The van der Waals surface area contributed by atoms with Gasteiger partial charge in [0.2, 0.25) is 0 Å². The minimum absolute atomic E-state index is 0.0124. The predicted molar refractivity (Wildman–Crippen MR) is 55.9 cm³/mol. The highest BCUT2D eigenvalue weighted by atomic mass is 19.3. The zero-order chi connectivity index (χ0) is 12.4. The molecular weight excluding hydrogens is 220 g/mol. The minimum Gasteiger partial charge on any atom is -0.194 e. The third kappa shape index (κ3) is 2.02. The molecular formula is C12H16F4. The molecule has 4 heteroatoms. The summed E-state index contributed by atoms with van der Waals surface area (Å²) >= 11 is 0. The van der Waals surface area contributed by atoms with Crippen LogP contribution in [0.5, 0.6) is 0 Å². The molecule has 0 spiro atoms. The van der Waals surface area contributed by atoms with Gasteiger partial charge in [-0.15, -0.1) is 0 Å². The van der Waals surface area contributed by atoms with E-state index < -0.39 is 23.0 Å². The molecule has 92 valence electrons. The Bertz CT molecular complexity index is 281. The average Bonchev–Trinajstić information content (AvgIpc) is 2.19. The van der Waals surface area contributed by atoms with Gasteiger partial charge in [0.1, 0.15) is 0 Å². The minimum atomic E-state index is -4.03. The summed E-state index contributed by atoms with van der Waals surface area (Å²) in [5, 5.41) is 0. The molecule has 0 bridgehead atoms. The Hall–Kier alpha value is -0.800. The largest absolute Gasteiger partial charge is 0.335 e. The van der Waals surface area contributed by atoms with Crippen molar-refractivity contribution in [3.05, 3.63) is 23.3 Å². The van der Waals surface area contributed by atoms with Gasteiger partial charge in [0.25, 0.3) is 0 Å². The van der Waals surface area contributed by atoms with Crippen molar-refractivity contribution in [1.82, 2.24) is 0 Å². The summed E-state index contributed by atoms with van der Waals surface area (Å²) in [5.41, 5.74) is -0.917. The van der Waals surface area contributed by atoms with Gasteiger partial charge >= 0.3 is 11.8 Å². The van der Waals surface area contributed by atoms with Crippen molar-refractivity contribution >= 4 is 0 Å². The second-order valence-corrected chi connectivity index (χ2v) is 4.03. The smallest absolute Gasteiger partial charge is 0.194 e.